The average Bonchev–Trinajstić information content (AvgIpc) is 2.97. The second kappa shape index (κ2) is 8.97. The molecule has 2 atom stereocenters. The summed E-state index contributed by atoms with van der Waals surface area (Å²) >= 11 is 0. The Balaban J connectivity index is 0.00000220. The first kappa shape index (κ1) is 17.9. The second-order valence-electron chi connectivity index (χ2n) is 5.00. The van der Waals surface area contributed by atoms with Gasteiger partial charge in [-0.1, -0.05) is 12.1 Å². The van der Waals surface area contributed by atoms with E-state index in [2.05, 4.69) is 10.6 Å². The molecule has 21 heavy (non-hydrogen) atoms. The standard InChI is InChI=1S/C15H21FN2O2.ClH/c1-17-9-8-14(19)18-15(13-3-2-10-20-13)11-4-6-12(16)7-5-11;/h4-7,13,15,17H,2-3,8-10H2,1H3,(H,18,19);1H. The monoisotopic (exact) mass is 316 g/mol. The highest BCUT2D eigenvalue weighted by atomic mass is 35.5. The van der Waals surface area contributed by atoms with Gasteiger partial charge < -0.3 is 15.4 Å². The lowest BCUT2D eigenvalue weighted by Gasteiger charge is -2.24. The molecule has 1 heterocycles. The molecule has 0 spiro atoms. The van der Waals surface area contributed by atoms with Crippen molar-refractivity contribution in [3.8, 4) is 0 Å². The van der Waals surface area contributed by atoms with Gasteiger partial charge in [0, 0.05) is 19.6 Å². The molecular formula is C15H22ClFN2O2. The van der Waals surface area contributed by atoms with E-state index in [-0.39, 0.29) is 36.3 Å². The minimum Gasteiger partial charge on any atom is -0.376 e. The fraction of sp³-hybridized carbons (Fsp3) is 0.533. The van der Waals surface area contributed by atoms with Crippen molar-refractivity contribution in [2.75, 3.05) is 20.2 Å². The number of halogens is 2. The van der Waals surface area contributed by atoms with Crippen LogP contribution in [-0.2, 0) is 9.53 Å². The summed E-state index contributed by atoms with van der Waals surface area (Å²) in [7, 11) is 1.81. The topological polar surface area (TPSA) is 50.4 Å². The smallest absolute Gasteiger partial charge is 0.221 e. The molecule has 0 radical (unpaired) electrons. The summed E-state index contributed by atoms with van der Waals surface area (Å²) < 4.78 is 18.7. The number of benzene rings is 1. The van der Waals surface area contributed by atoms with Crippen LogP contribution in [-0.4, -0.2) is 32.2 Å². The number of carbonyl (C=O) groups is 1. The van der Waals surface area contributed by atoms with Crippen molar-refractivity contribution in [2.45, 2.75) is 31.4 Å². The molecule has 1 aliphatic rings. The molecule has 1 amide bonds. The van der Waals surface area contributed by atoms with E-state index >= 15 is 0 Å². The molecule has 2 N–H and O–H groups in total. The summed E-state index contributed by atoms with van der Waals surface area (Å²) in [4.78, 5) is 11.9. The van der Waals surface area contributed by atoms with E-state index in [1.54, 1.807) is 12.1 Å². The van der Waals surface area contributed by atoms with Gasteiger partial charge in [0.05, 0.1) is 12.1 Å². The highest BCUT2D eigenvalue weighted by Gasteiger charge is 2.28. The lowest BCUT2D eigenvalue weighted by atomic mass is 9.99. The van der Waals surface area contributed by atoms with E-state index < -0.39 is 0 Å². The maximum Gasteiger partial charge on any atom is 0.221 e. The first-order valence-corrected chi connectivity index (χ1v) is 7.01. The summed E-state index contributed by atoms with van der Waals surface area (Å²) in [5.41, 5.74) is 0.885. The van der Waals surface area contributed by atoms with Crippen LogP contribution in [0.5, 0.6) is 0 Å². The lowest BCUT2D eigenvalue weighted by Crippen LogP contribution is -2.37. The maximum atomic E-state index is 13.0. The Hall–Kier alpha value is -1.17. The third-order valence-corrected chi connectivity index (χ3v) is 3.48. The predicted octanol–water partition coefficient (Wildman–Crippen LogP) is 2.19. The van der Waals surface area contributed by atoms with E-state index in [0.717, 1.165) is 25.0 Å². The Morgan fingerprint density at radius 2 is 2.14 bits per heavy atom. The van der Waals surface area contributed by atoms with E-state index in [9.17, 15) is 9.18 Å². The molecule has 118 valence electrons. The molecule has 2 rings (SSSR count). The normalized spacial score (nSPS) is 18.9. The van der Waals surface area contributed by atoms with Crippen LogP contribution in [0.4, 0.5) is 4.39 Å². The van der Waals surface area contributed by atoms with E-state index in [4.69, 9.17) is 4.74 Å². The van der Waals surface area contributed by atoms with Crippen LogP contribution < -0.4 is 10.6 Å². The molecular weight excluding hydrogens is 295 g/mol. The zero-order valence-corrected chi connectivity index (χ0v) is 12.9. The quantitative estimate of drug-likeness (QED) is 0.846. The van der Waals surface area contributed by atoms with Crippen LogP contribution in [0.2, 0.25) is 0 Å². The molecule has 1 aromatic rings. The molecule has 0 saturated carbocycles. The molecule has 6 heteroatoms. The predicted molar refractivity (Wildman–Crippen MR) is 82.0 cm³/mol. The van der Waals surface area contributed by atoms with Gasteiger partial charge in [0.2, 0.25) is 5.91 Å². The summed E-state index contributed by atoms with van der Waals surface area (Å²) in [5, 5.41) is 5.95. The van der Waals surface area contributed by atoms with Crippen LogP contribution in [0.1, 0.15) is 30.9 Å². The average molecular weight is 317 g/mol. The van der Waals surface area contributed by atoms with Crippen molar-refractivity contribution < 1.29 is 13.9 Å². The molecule has 1 aromatic carbocycles. The van der Waals surface area contributed by atoms with Gasteiger partial charge in [-0.25, -0.2) is 4.39 Å². The Bertz CT molecular complexity index is 436. The van der Waals surface area contributed by atoms with E-state index in [0.29, 0.717) is 13.0 Å². The first-order chi connectivity index (χ1) is 9.70. The SMILES string of the molecule is CNCCC(=O)NC(c1ccc(F)cc1)C1CCCO1.Cl. The van der Waals surface area contributed by atoms with E-state index in [1.807, 2.05) is 7.05 Å². The largest absolute Gasteiger partial charge is 0.376 e. The Labute approximate surface area is 130 Å². The minimum atomic E-state index is -0.277. The van der Waals surface area contributed by atoms with Gasteiger partial charge in [-0.15, -0.1) is 12.4 Å². The zero-order valence-electron chi connectivity index (χ0n) is 12.1. The number of nitrogens with one attached hydrogen (secondary N) is 2. The number of hydrogen-bond acceptors (Lipinski definition) is 3. The summed E-state index contributed by atoms with van der Waals surface area (Å²) in [6.45, 7) is 1.35. The molecule has 1 saturated heterocycles. The molecule has 0 aliphatic carbocycles. The second-order valence-corrected chi connectivity index (χ2v) is 5.00. The van der Waals surface area contributed by atoms with Crippen LogP contribution >= 0.6 is 12.4 Å². The molecule has 2 unspecified atom stereocenters. The van der Waals surface area contributed by atoms with Gasteiger partial charge in [0.25, 0.3) is 0 Å². The highest BCUT2D eigenvalue weighted by Crippen LogP contribution is 2.27. The van der Waals surface area contributed by atoms with Gasteiger partial charge in [0.15, 0.2) is 0 Å². The Morgan fingerprint density at radius 3 is 2.71 bits per heavy atom. The molecule has 0 aromatic heterocycles. The number of hydrogen-bond donors (Lipinski definition) is 2. The van der Waals surface area contributed by atoms with Gasteiger partial charge in [0.1, 0.15) is 5.82 Å². The summed E-state index contributed by atoms with van der Waals surface area (Å²) in [6, 6.07) is 6.04. The highest BCUT2D eigenvalue weighted by molar-refractivity contribution is 5.85. The zero-order chi connectivity index (χ0) is 14.4. The van der Waals surface area contributed by atoms with E-state index in [1.165, 1.54) is 12.1 Å². The Morgan fingerprint density at radius 1 is 1.43 bits per heavy atom. The van der Waals surface area contributed by atoms with Crippen LogP contribution in [0.3, 0.4) is 0 Å². The summed E-state index contributed by atoms with van der Waals surface area (Å²) in [6.07, 6.45) is 2.29. The lowest BCUT2D eigenvalue weighted by molar-refractivity contribution is -0.122. The van der Waals surface area contributed by atoms with Gasteiger partial charge in [-0.3, -0.25) is 4.79 Å². The fourth-order valence-corrected chi connectivity index (χ4v) is 2.41. The number of rotatable bonds is 6. The molecule has 1 aliphatic heterocycles. The summed E-state index contributed by atoms with van der Waals surface area (Å²) in [5.74, 6) is -0.300. The number of carbonyl (C=O) groups excluding carboxylic acids is 1. The first-order valence-electron chi connectivity index (χ1n) is 7.01. The van der Waals surface area contributed by atoms with Crippen molar-refractivity contribution in [1.29, 1.82) is 0 Å². The van der Waals surface area contributed by atoms with Crippen LogP contribution in [0.15, 0.2) is 24.3 Å². The van der Waals surface area contributed by atoms with Crippen LogP contribution in [0.25, 0.3) is 0 Å². The van der Waals surface area contributed by atoms with Gasteiger partial charge >= 0.3 is 0 Å². The maximum absolute atomic E-state index is 13.0. The van der Waals surface area contributed by atoms with Crippen molar-refractivity contribution in [2.24, 2.45) is 0 Å². The third-order valence-electron chi connectivity index (χ3n) is 3.48. The number of amides is 1. The van der Waals surface area contributed by atoms with Crippen molar-refractivity contribution in [1.82, 2.24) is 10.6 Å². The van der Waals surface area contributed by atoms with Gasteiger partial charge in [-0.2, -0.15) is 0 Å². The molecule has 4 nitrogen and oxygen atoms in total. The van der Waals surface area contributed by atoms with Crippen molar-refractivity contribution in [3.05, 3.63) is 35.6 Å². The minimum absolute atomic E-state index is 0. The van der Waals surface area contributed by atoms with Crippen LogP contribution in [0, 0.1) is 5.82 Å². The number of ether oxygens (including phenoxy) is 1. The third kappa shape index (κ3) is 5.26. The fourth-order valence-electron chi connectivity index (χ4n) is 2.41. The van der Waals surface area contributed by atoms with Crippen molar-refractivity contribution >= 4 is 18.3 Å². The van der Waals surface area contributed by atoms with Gasteiger partial charge in [-0.05, 0) is 37.6 Å². The molecule has 1 fully saturated rings. The Kier molecular flexibility index (Phi) is 7.64. The van der Waals surface area contributed by atoms with Crippen molar-refractivity contribution in [3.63, 3.8) is 0 Å². The molecule has 0 bridgehead atoms.